The first-order chi connectivity index (χ1) is 5.86. The van der Waals surface area contributed by atoms with Gasteiger partial charge in [0, 0.05) is 6.04 Å². The Kier molecular flexibility index (Phi) is 2.30. The molecule has 1 saturated heterocycles. The fraction of sp³-hybridized carbons (Fsp3) is 0.889. The van der Waals surface area contributed by atoms with Crippen LogP contribution in [0.5, 0.6) is 0 Å². The molecular formula is C9H16N2O. The minimum atomic E-state index is 0.0966. The summed E-state index contributed by atoms with van der Waals surface area (Å²) in [4.78, 5) is 11.5. The van der Waals surface area contributed by atoms with Gasteiger partial charge in [-0.1, -0.05) is 6.42 Å². The second-order valence-corrected chi connectivity index (χ2v) is 3.79. The zero-order valence-corrected chi connectivity index (χ0v) is 7.31. The van der Waals surface area contributed by atoms with Crippen molar-refractivity contribution in [2.75, 3.05) is 6.54 Å². The molecular weight excluding hydrogens is 152 g/mol. The summed E-state index contributed by atoms with van der Waals surface area (Å²) in [5, 5.41) is 6.26. The third-order valence-electron chi connectivity index (χ3n) is 2.55. The van der Waals surface area contributed by atoms with Gasteiger partial charge in [-0.05, 0) is 32.2 Å². The number of hydrogen-bond donors (Lipinski definition) is 2. The van der Waals surface area contributed by atoms with E-state index >= 15 is 0 Å². The van der Waals surface area contributed by atoms with Crippen LogP contribution in [0.15, 0.2) is 0 Å². The first-order valence-electron chi connectivity index (χ1n) is 4.90. The number of carbonyl (C=O) groups excluding carboxylic acids is 1. The molecule has 1 atom stereocenters. The molecule has 0 aromatic rings. The van der Waals surface area contributed by atoms with Crippen molar-refractivity contribution in [3.05, 3.63) is 0 Å². The second kappa shape index (κ2) is 3.44. The minimum absolute atomic E-state index is 0.0966. The fourth-order valence-electron chi connectivity index (χ4n) is 1.61. The molecule has 2 rings (SSSR count). The predicted octanol–water partition coefficient (Wildman–Crippen LogP) is 0.407. The molecule has 0 aromatic heterocycles. The lowest BCUT2D eigenvalue weighted by Gasteiger charge is -2.22. The molecule has 0 aromatic carbocycles. The van der Waals surface area contributed by atoms with Gasteiger partial charge in [0.2, 0.25) is 5.91 Å². The lowest BCUT2D eigenvalue weighted by atomic mass is 10.0. The highest BCUT2D eigenvalue weighted by atomic mass is 16.2. The molecule has 0 radical (unpaired) electrons. The van der Waals surface area contributed by atoms with Crippen LogP contribution >= 0.6 is 0 Å². The highest BCUT2D eigenvalue weighted by Gasteiger charge is 2.27. The Morgan fingerprint density at radius 1 is 1.25 bits per heavy atom. The summed E-state index contributed by atoms with van der Waals surface area (Å²) < 4.78 is 0. The highest BCUT2D eigenvalue weighted by Crippen LogP contribution is 2.19. The van der Waals surface area contributed by atoms with E-state index < -0.39 is 0 Å². The first-order valence-corrected chi connectivity index (χ1v) is 4.90. The maximum atomic E-state index is 11.5. The normalized spacial score (nSPS) is 29.8. The van der Waals surface area contributed by atoms with E-state index in [1.165, 1.54) is 25.7 Å². The Morgan fingerprint density at radius 2 is 2.08 bits per heavy atom. The van der Waals surface area contributed by atoms with E-state index in [1.807, 2.05) is 0 Å². The molecule has 2 N–H and O–H groups in total. The van der Waals surface area contributed by atoms with Crippen LogP contribution < -0.4 is 10.6 Å². The van der Waals surface area contributed by atoms with Gasteiger partial charge >= 0.3 is 0 Å². The Balaban J connectivity index is 1.76. The molecule has 3 heteroatoms. The Labute approximate surface area is 72.9 Å². The molecule has 1 aliphatic carbocycles. The third-order valence-corrected chi connectivity index (χ3v) is 2.55. The smallest absolute Gasteiger partial charge is 0.237 e. The van der Waals surface area contributed by atoms with Crippen molar-refractivity contribution in [3.8, 4) is 0 Å². The predicted molar refractivity (Wildman–Crippen MR) is 46.8 cm³/mol. The zero-order valence-electron chi connectivity index (χ0n) is 7.31. The molecule has 3 nitrogen and oxygen atoms in total. The third kappa shape index (κ3) is 1.97. The van der Waals surface area contributed by atoms with Gasteiger partial charge in [0.15, 0.2) is 0 Å². The molecule has 2 fully saturated rings. The van der Waals surface area contributed by atoms with Crippen molar-refractivity contribution < 1.29 is 4.79 Å². The van der Waals surface area contributed by atoms with Gasteiger partial charge in [-0.25, -0.2) is 0 Å². The number of piperidine rings is 1. The van der Waals surface area contributed by atoms with E-state index in [2.05, 4.69) is 10.6 Å². The van der Waals surface area contributed by atoms with E-state index in [9.17, 15) is 4.79 Å². The number of carbonyl (C=O) groups is 1. The van der Waals surface area contributed by atoms with Crippen LogP contribution in [-0.2, 0) is 4.79 Å². The maximum absolute atomic E-state index is 11.5. The van der Waals surface area contributed by atoms with Crippen LogP contribution in [0.25, 0.3) is 0 Å². The summed E-state index contributed by atoms with van der Waals surface area (Å²) in [6.45, 7) is 1.00. The summed E-state index contributed by atoms with van der Waals surface area (Å²) in [5.74, 6) is 0.220. The van der Waals surface area contributed by atoms with E-state index in [4.69, 9.17) is 0 Å². The van der Waals surface area contributed by atoms with Crippen molar-refractivity contribution in [3.63, 3.8) is 0 Å². The maximum Gasteiger partial charge on any atom is 0.237 e. The van der Waals surface area contributed by atoms with Gasteiger partial charge in [-0.15, -0.1) is 0 Å². The standard InChI is InChI=1S/C9H16N2O/c12-9(11-7-4-5-7)8-3-1-2-6-10-8/h7-8,10H,1-6H2,(H,11,12)/t8-/m1/s1. The quantitative estimate of drug-likeness (QED) is 0.627. The summed E-state index contributed by atoms with van der Waals surface area (Å²) in [6, 6.07) is 0.598. The molecule has 2 aliphatic rings. The first kappa shape index (κ1) is 8.05. The van der Waals surface area contributed by atoms with Crippen LogP contribution in [0.4, 0.5) is 0 Å². The Hall–Kier alpha value is -0.570. The molecule has 12 heavy (non-hydrogen) atoms. The van der Waals surface area contributed by atoms with Crippen molar-refractivity contribution in [2.45, 2.75) is 44.2 Å². The highest BCUT2D eigenvalue weighted by molar-refractivity contribution is 5.82. The van der Waals surface area contributed by atoms with Crippen molar-refractivity contribution in [1.82, 2.24) is 10.6 Å². The van der Waals surface area contributed by atoms with Gasteiger partial charge in [-0.3, -0.25) is 4.79 Å². The van der Waals surface area contributed by atoms with Crippen LogP contribution in [0.2, 0.25) is 0 Å². The zero-order chi connectivity index (χ0) is 8.39. The fourth-order valence-corrected chi connectivity index (χ4v) is 1.61. The summed E-state index contributed by atoms with van der Waals surface area (Å²) in [6.07, 6.45) is 5.78. The van der Waals surface area contributed by atoms with Crippen molar-refractivity contribution in [1.29, 1.82) is 0 Å². The second-order valence-electron chi connectivity index (χ2n) is 3.79. The van der Waals surface area contributed by atoms with E-state index in [-0.39, 0.29) is 11.9 Å². The number of hydrogen-bond acceptors (Lipinski definition) is 2. The minimum Gasteiger partial charge on any atom is -0.352 e. The van der Waals surface area contributed by atoms with Crippen molar-refractivity contribution in [2.24, 2.45) is 0 Å². The number of amides is 1. The van der Waals surface area contributed by atoms with Gasteiger partial charge in [0.05, 0.1) is 6.04 Å². The molecule has 1 heterocycles. The molecule has 1 amide bonds. The largest absolute Gasteiger partial charge is 0.352 e. The van der Waals surface area contributed by atoms with E-state index in [1.54, 1.807) is 0 Å². The van der Waals surface area contributed by atoms with E-state index in [0.29, 0.717) is 6.04 Å². The van der Waals surface area contributed by atoms with Crippen molar-refractivity contribution >= 4 is 5.91 Å². The van der Waals surface area contributed by atoms with Gasteiger partial charge in [0.25, 0.3) is 0 Å². The average Bonchev–Trinajstić information content (AvgIpc) is 2.90. The Morgan fingerprint density at radius 3 is 2.67 bits per heavy atom. The molecule has 0 bridgehead atoms. The topological polar surface area (TPSA) is 41.1 Å². The molecule has 0 spiro atoms. The molecule has 1 aliphatic heterocycles. The van der Waals surface area contributed by atoms with Crippen LogP contribution in [0.3, 0.4) is 0 Å². The molecule has 68 valence electrons. The van der Waals surface area contributed by atoms with Gasteiger partial charge in [-0.2, -0.15) is 0 Å². The summed E-state index contributed by atoms with van der Waals surface area (Å²) in [7, 11) is 0. The van der Waals surface area contributed by atoms with Crippen LogP contribution in [0.1, 0.15) is 32.1 Å². The number of nitrogens with one attached hydrogen (secondary N) is 2. The lowest BCUT2D eigenvalue weighted by molar-refractivity contribution is -0.123. The van der Waals surface area contributed by atoms with Gasteiger partial charge < -0.3 is 10.6 Å². The van der Waals surface area contributed by atoms with E-state index in [0.717, 1.165) is 13.0 Å². The average molecular weight is 168 g/mol. The monoisotopic (exact) mass is 168 g/mol. The summed E-state index contributed by atoms with van der Waals surface area (Å²) in [5.41, 5.74) is 0. The van der Waals surface area contributed by atoms with Crippen LogP contribution in [0, 0.1) is 0 Å². The lowest BCUT2D eigenvalue weighted by Crippen LogP contribution is -2.47. The number of rotatable bonds is 2. The SMILES string of the molecule is O=C(NC1CC1)[C@H]1CCCCN1. The Bertz CT molecular complexity index is 171. The van der Waals surface area contributed by atoms with Crippen LogP contribution in [-0.4, -0.2) is 24.5 Å². The van der Waals surface area contributed by atoms with Gasteiger partial charge in [0.1, 0.15) is 0 Å². The summed E-state index contributed by atoms with van der Waals surface area (Å²) >= 11 is 0. The molecule has 1 saturated carbocycles. The molecule has 0 unspecified atom stereocenters.